The first-order valence-corrected chi connectivity index (χ1v) is 7.39. The molecule has 104 valence electrons. The van der Waals surface area contributed by atoms with Crippen LogP contribution in [0.15, 0.2) is 10.9 Å². The van der Waals surface area contributed by atoms with Gasteiger partial charge < -0.3 is 4.52 Å². The van der Waals surface area contributed by atoms with Crippen molar-refractivity contribution in [3.8, 4) is 0 Å². The minimum absolute atomic E-state index is 0.158. The predicted molar refractivity (Wildman–Crippen MR) is 73.6 cm³/mol. The molecule has 7 heteroatoms. The Kier molecular flexibility index (Phi) is 4.57. The van der Waals surface area contributed by atoms with Crippen molar-refractivity contribution in [1.29, 1.82) is 0 Å². The van der Waals surface area contributed by atoms with Crippen molar-refractivity contribution >= 4 is 11.8 Å². The zero-order chi connectivity index (χ0) is 13.8. The fraction of sp³-hybridized carbons (Fsp3) is 0.667. The van der Waals surface area contributed by atoms with Gasteiger partial charge >= 0.3 is 0 Å². The molecular weight excluding hydrogens is 262 g/mol. The summed E-state index contributed by atoms with van der Waals surface area (Å²) >= 11 is 1.72. The standard InChI is InChI=1S/C12H19N5OS/c1-8(2)5-17-11(13-7-14-17)6-19-9(3)12-15-10(4)16-18-12/h7-9H,5-6H2,1-4H3/t9-/m1/s1. The lowest BCUT2D eigenvalue weighted by atomic mass is 10.2. The molecule has 19 heavy (non-hydrogen) atoms. The fourth-order valence-electron chi connectivity index (χ4n) is 1.65. The van der Waals surface area contributed by atoms with Crippen LogP contribution in [0.4, 0.5) is 0 Å². The number of aryl methyl sites for hydroxylation is 1. The molecule has 2 heterocycles. The molecule has 2 aromatic heterocycles. The minimum atomic E-state index is 0.158. The van der Waals surface area contributed by atoms with E-state index in [1.807, 2.05) is 11.6 Å². The summed E-state index contributed by atoms with van der Waals surface area (Å²) in [7, 11) is 0. The molecule has 1 atom stereocenters. The largest absolute Gasteiger partial charge is 0.338 e. The van der Waals surface area contributed by atoms with E-state index in [1.165, 1.54) is 0 Å². The Balaban J connectivity index is 1.93. The summed E-state index contributed by atoms with van der Waals surface area (Å²) in [6, 6.07) is 0. The minimum Gasteiger partial charge on any atom is -0.338 e. The lowest BCUT2D eigenvalue weighted by Gasteiger charge is -2.09. The highest BCUT2D eigenvalue weighted by atomic mass is 32.2. The van der Waals surface area contributed by atoms with Crippen molar-refractivity contribution in [2.75, 3.05) is 0 Å². The molecular formula is C12H19N5OS. The summed E-state index contributed by atoms with van der Waals surface area (Å²) < 4.78 is 7.13. The molecule has 0 bridgehead atoms. The Morgan fingerprint density at radius 3 is 2.79 bits per heavy atom. The van der Waals surface area contributed by atoms with Gasteiger partial charge in [0.15, 0.2) is 5.82 Å². The smallest absolute Gasteiger partial charge is 0.239 e. The van der Waals surface area contributed by atoms with E-state index in [-0.39, 0.29) is 5.25 Å². The number of hydrogen-bond donors (Lipinski definition) is 0. The molecule has 0 aromatic carbocycles. The lowest BCUT2D eigenvalue weighted by Crippen LogP contribution is -2.09. The zero-order valence-electron chi connectivity index (χ0n) is 11.7. The van der Waals surface area contributed by atoms with Gasteiger partial charge in [0.1, 0.15) is 12.2 Å². The molecule has 2 aromatic rings. The van der Waals surface area contributed by atoms with Gasteiger partial charge in [-0.25, -0.2) is 9.67 Å². The van der Waals surface area contributed by atoms with Crippen LogP contribution >= 0.6 is 11.8 Å². The Labute approximate surface area is 117 Å². The first-order chi connectivity index (χ1) is 9.06. The van der Waals surface area contributed by atoms with Gasteiger partial charge in [0, 0.05) is 6.54 Å². The summed E-state index contributed by atoms with van der Waals surface area (Å²) in [6.07, 6.45) is 1.61. The van der Waals surface area contributed by atoms with Crippen LogP contribution in [0, 0.1) is 12.8 Å². The second-order valence-corrected chi connectivity index (χ2v) is 6.21. The summed E-state index contributed by atoms with van der Waals surface area (Å²) in [5.74, 6) is 3.67. The molecule has 0 aliphatic rings. The first kappa shape index (κ1) is 14.0. The molecule has 0 saturated heterocycles. The van der Waals surface area contributed by atoms with Gasteiger partial charge in [0.25, 0.3) is 0 Å². The molecule has 0 saturated carbocycles. The van der Waals surface area contributed by atoms with Crippen molar-refractivity contribution in [1.82, 2.24) is 24.9 Å². The van der Waals surface area contributed by atoms with Gasteiger partial charge in [0.05, 0.1) is 11.0 Å². The Morgan fingerprint density at radius 2 is 2.16 bits per heavy atom. The van der Waals surface area contributed by atoms with Gasteiger partial charge in [0.2, 0.25) is 5.89 Å². The molecule has 0 aliphatic heterocycles. The van der Waals surface area contributed by atoms with Crippen molar-refractivity contribution in [2.45, 2.75) is 45.2 Å². The molecule has 0 N–H and O–H groups in total. The molecule has 0 spiro atoms. The number of thioether (sulfide) groups is 1. The monoisotopic (exact) mass is 281 g/mol. The third kappa shape index (κ3) is 3.79. The van der Waals surface area contributed by atoms with Crippen LogP contribution in [0.2, 0.25) is 0 Å². The number of hydrogen-bond acceptors (Lipinski definition) is 6. The van der Waals surface area contributed by atoms with Gasteiger partial charge in [-0.2, -0.15) is 10.1 Å². The van der Waals surface area contributed by atoms with E-state index in [4.69, 9.17) is 4.52 Å². The second-order valence-electron chi connectivity index (χ2n) is 4.89. The molecule has 0 radical (unpaired) electrons. The Morgan fingerprint density at radius 1 is 1.37 bits per heavy atom. The SMILES string of the molecule is Cc1noc([C@@H](C)SCc2ncnn2CC(C)C)n1. The van der Waals surface area contributed by atoms with Crippen LogP contribution in [-0.2, 0) is 12.3 Å². The molecule has 0 fully saturated rings. The Hall–Kier alpha value is -1.37. The zero-order valence-corrected chi connectivity index (χ0v) is 12.5. The highest BCUT2D eigenvalue weighted by Gasteiger charge is 2.15. The predicted octanol–water partition coefficient (Wildman–Crippen LogP) is 2.62. The van der Waals surface area contributed by atoms with Gasteiger partial charge in [-0.1, -0.05) is 19.0 Å². The van der Waals surface area contributed by atoms with Gasteiger partial charge in [-0.3, -0.25) is 0 Å². The molecule has 0 unspecified atom stereocenters. The number of rotatable bonds is 6. The van der Waals surface area contributed by atoms with Crippen LogP contribution in [0.25, 0.3) is 0 Å². The first-order valence-electron chi connectivity index (χ1n) is 6.34. The van der Waals surface area contributed by atoms with Gasteiger partial charge in [-0.05, 0) is 19.8 Å². The number of nitrogens with zero attached hydrogens (tertiary/aromatic N) is 5. The van der Waals surface area contributed by atoms with Crippen LogP contribution < -0.4 is 0 Å². The molecule has 6 nitrogen and oxygen atoms in total. The van der Waals surface area contributed by atoms with E-state index in [9.17, 15) is 0 Å². The highest BCUT2D eigenvalue weighted by Crippen LogP contribution is 2.29. The quantitative estimate of drug-likeness (QED) is 0.810. The highest BCUT2D eigenvalue weighted by molar-refractivity contribution is 7.98. The maximum absolute atomic E-state index is 5.17. The topological polar surface area (TPSA) is 69.6 Å². The summed E-state index contributed by atoms with van der Waals surface area (Å²) in [5.41, 5.74) is 0. The number of aromatic nitrogens is 5. The van der Waals surface area contributed by atoms with Crippen molar-refractivity contribution in [2.24, 2.45) is 5.92 Å². The van der Waals surface area contributed by atoms with E-state index in [0.717, 1.165) is 18.1 Å². The lowest BCUT2D eigenvalue weighted by molar-refractivity contribution is 0.376. The third-order valence-electron chi connectivity index (χ3n) is 2.59. The Bertz CT molecular complexity index is 522. The van der Waals surface area contributed by atoms with Crippen LogP contribution in [0.1, 0.15) is 43.6 Å². The maximum atomic E-state index is 5.17. The fourth-order valence-corrected chi connectivity index (χ4v) is 2.51. The third-order valence-corrected chi connectivity index (χ3v) is 3.71. The summed E-state index contributed by atoms with van der Waals surface area (Å²) in [6.45, 7) is 9.11. The van der Waals surface area contributed by atoms with E-state index in [0.29, 0.717) is 17.6 Å². The summed E-state index contributed by atoms with van der Waals surface area (Å²) in [5, 5.41) is 8.22. The van der Waals surface area contributed by atoms with Crippen LogP contribution in [0.5, 0.6) is 0 Å². The average Bonchev–Trinajstić information content (AvgIpc) is 2.95. The van der Waals surface area contributed by atoms with Crippen molar-refractivity contribution in [3.63, 3.8) is 0 Å². The second kappa shape index (κ2) is 6.18. The van der Waals surface area contributed by atoms with Crippen molar-refractivity contribution in [3.05, 3.63) is 23.9 Å². The summed E-state index contributed by atoms with van der Waals surface area (Å²) in [4.78, 5) is 8.54. The molecule has 2 rings (SSSR count). The van der Waals surface area contributed by atoms with E-state index in [2.05, 4.69) is 41.0 Å². The van der Waals surface area contributed by atoms with E-state index in [1.54, 1.807) is 18.1 Å². The normalized spacial score (nSPS) is 13.1. The van der Waals surface area contributed by atoms with E-state index >= 15 is 0 Å². The van der Waals surface area contributed by atoms with Crippen LogP contribution in [0.3, 0.4) is 0 Å². The molecule has 0 aliphatic carbocycles. The van der Waals surface area contributed by atoms with Crippen LogP contribution in [-0.4, -0.2) is 24.9 Å². The maximum Gasteiger partial charge on any atom is 0.239 e. The molecule has 0 amide bonds. The van der Waals surface area contributed by atoms with Gasteiger partial charge in [-0.15, -0.1) is 11.8 Å². The van der Waals surface area contributed by atoms with E-state index < -0.39 is 0 Å². The van der Waals surface area contributed by atoms with Crippen molar-refractivity contribution < 1.29 is 4.52 Å². The average molecular weight is 281 g/mol.